The van der Waals surface area contributed by atoms with Crippen LogP contribution in [0.15, 0.2) is 30.3 Å². The van der Waals surface area contributed by atoms with Crippen molar-refractivity contribution in [2.45, 2.75) is 32.7 Å². The standard InChI is InChI=1S/C23H27Cl2N5OS/c1-15-21(23(31)27-29-11-5-4-6-12-29)26-30(19-9-7-16(24)13-18(19)25)22(15)20-10-8-17(32-20)14-28(2)3/h7-10,13H,4-6,11-12,14H2,1-3H3,(H,27,31). The maximum absolute atomic E-state index is 13.2. The van der Waals surface area contributed by atoms with Crippen molar-refractivity contribution < 1.29 is 4.79 Å². The Morgan fingerprint density at radius 2 is 1.91 bits per heavy atom. The predicted octanol–water partition coefficient (Wildman–Crippen LogP) is 5.41. The number of nitrogens with zero attached hydrogens (tertiary/aromatic N) is 4. The third-order valence-electron chi connectivity index (χ3n) is 5.46. The minimum absolute atomic E-state index is 0.195. The summed E-state index contributed by atoms with van der Waals surface area (Å²) in [6, 6.07) is 9.51. The molecule has 9 heteroatoms. The average Bonchev–Trinajstić information content (AvgIpc) is 3.32. The minimum Gasteiger partial charge on any atom is -0.304 e. The molecule has 3 aromatic rings. The van der Waals surface area contributed by atoms with E-state index in [4.69, 9.17) is 28.3 Å². The van der Waals surface area contributed by atoms with Gasteiger partial charge in [-0.1, -0.05) is 29.6 Å². The zero-order valence-corrected chi connectivity index (χ0v) is 20.8. The van der Waals surface area contributed by atoms with E-state index in [2.05, 4.69) is 22.5 Å². The second-order valence-corrected chi connectivity index (χ2v) is 10.3. The highest BCUT2D eigenvalue weighted by Gasteiger charge is 2.25. The molecule has 1 saturated heterocycles. The molecule has 4 rings (SSSR count). The number of aromatic nitrogens is 2. The molecule has 1 N–H and O–H groups in total. The summed E-state index contributed by atoms with van der Waals surface area (Å²) in [6.07, 6.45) is 3.37. The Bertz CT molecular complexity index is 1120. The zero-order chi connectivity index (χ0) is 22.8. The van der Waals surface area contributed by atoms with Crippen LogP contribution in [0.3, 0.4) is 0 Å². The summed E-state index contributed by atoms with van der Waals surface area (Å²) in [5.74, 6) is -0.195. The van der Waals surface area contributed by atoms with Crippen LogP contribution in [0.1, 0.15) is 40.2 Å². The first-order chi connectivity index (χ1) is 15.3. The SMILES string of the molecule is Cc1c(C(=O)NN2CCCCC2)nn(-c2ccc(Cl)cc2Cl)c1-c1ccc(CN(C)C)s1. The molecule has 2 aromatic heterocycles. The van der Waals surface area contributed by atoms with Crippen LogP contribution in [-0.2, 0) is 6.54 Å². The highest BCUT2D eigenvalue weighted by molar-refractivity contribution is 7.15. The van der Waals surface area contributed by atoms with Crippen molar-refractivity contribution in [3.8, 4) is 16.3 Å². The monoisotopic (exact) mass is 491 g/mol. The van der Waals surface area contributed by atoms with Gasteiger partial charge in [-0.3, -0.25) is 10.2 Å². The Kier molecular flexibility index (Phi) is 7.22. The van der Waals surface area contributed by atoms with E-state index in [0.29, 0.717) is 21.4 Å². The van der Waals surface area contributed by atoms with Crippen molar-refractivity contribution in [2.75, 3.05) is 27.2 Å². The molecular formula is C23H27Cl2N5OS. The molecule has 1 aromatic carbocycles. The van der Waals surface area contributed by atoms with E-state index in [9.17, 15) is 4.79 Å². The summed E-state index contributed by atoms with van der Waals surface area (Å²) in [5.41, 5.74) is 5.82. The summed E-state index contributed by atoms with van der Waals surface area (Å²) >= 11 is 14.4. The number of hydrogen-bond donors (Lipinski definition) is 1. The molecule has 0 aliphatic carbocycles. The molecule has 1 aliphatic rings. The molecule has 0 radical (unpaired) electrons. The lowest BCUT2D eigenvalue weighted by Crippen LogP contribution is -2.45. The second kappa shape index (κ2) is 9.93. The molecule has 0 spiro atoms. The maximum Gasteiger partial charge on any atom is 0.286 e. The molecule has 6 nitrogen and oxygen atoms in total. The molecule has 1 aliphatic heterocycles. The first-order valence-corrected chi connectivity index (χ1v) is 12.3. The van der Waals surface area contributed by atoms with Crippen molar-refractivity contribution in [1.82, 2.24) is 25.1 Å². The Hall–Kier alpha value is -1.90. The third-order valence-corrected chi connectivity index (χ3v) is 7.07. The molecule has 0 unspecified atom stereocenters. The number of thiophene rings is 1. The molecule has 1 amide bonds. The fraction of sp³-hybridized carbons (Fsp3) is 0.391. The molecule has 0 atom stereocenters. The fourth-order valence-electron chi connectivity index (χ4n) is 3.93. The summed E-state index contributed by atoms with van der Waals surface area (Å²) in [7, 11) is 4.09. The zero-order valence-electron chi connectivity index (χ0n) is 18.5. The smallest absolute Gasteiger partial charge is 0.286 e. The van der Waals surface area contributed by atoms with E-state index in [0.717, 1.165) is 48.6 Å². The van der Waals surface area contributed by atoms with Gasteiger partial charge in [0.15, 0.2) is 5.69 Å². The molecule has 0 saturated carbocycles. The molecule has 3 heterocycles. The summed E-state index contributed by atoms with van der Waals surface area (Å²) in [4.78, 5) is 17.6. The topological polar surface area (TPSA) is 53.4 Å². The molecule has 32 heavy (non-hydrogen) atoms. The van der Waals surface area contributed by atoms with Crippen molar-refractivity contribution in [1.29, 1.82) is 0 Å². The normalized spacial score (nSPS) is 14.8. The van der Waals surface area contributed by atoms with Crippen LogP contribution in [-0.4, -0.2) is 52.8 Å². The van der Waals surface area contributed by atoms with Gasteiger partial charge >= 0.3 is 0 Å². The number of hydrazine groups is 1. The van der Waals surface area contributed by atoms with Crippen LogP contribution in [0.25, 0.3) is 16.3 Å². The summed E-state index contributed by atoms with van der Waals surface area (Å²) in [5, 5.41) is 7.75. The van der Waals surface area contributed by atoms with Crippen LogP contribution < -0.4 is 5.43 Å². The average molecular weight is 492 g/mol. The lowest BCUT2D eigenvalue weighted by Gasteiger charge is -2.26. The van der Waals surface area contributed by atoms with Gasteiger partial charge in [0.1, 0.15) is 0 Å². The Morgan fingerprint density at radius 3 is 2.59 bits per heavy atom. The lowest BCUT2D eigenvalue weighted by atomic mass is 10.1. The largest absolute Gasteiger partial charge is 0.304 e. The van der Waals surface area contributed by atoms with E-state index in [1.54, 1.807) is 28.2 Å². The van der Waals surface area contributed by atoms with Gasteiger partial charge in [0, 0.05) is 35.1 Å². The first-order valence-electron chi connectivity index (χ1n) is 10.7. The van der Waals surface area contributed by atoms with E-state index >= 15 is 0 Å². The highest BCUT2D eigenvalue weighted by Crippen LogP contribution is 2.36. The fourth-order valence-corrected chi connectivity index (χ4v) is 5.63. The first kappa shape index (κ1) is 23.3. The van der Waals surface area contributed by atoms with Crippen molar-refractivity contribution in [3.63, 3.8) is 0 Å². The third kappa shape index (κ3) is 5.02. The van der Waals surface area contributed by atoms with Crippen molar-refractivity contribution in [3.05, 3.63) is 56.5 Å². The van der Waals surface area contributed by atoms with Crippen LogP contribution >= 0.6 is 34.5 Å². The van der Waals surface area contributed by atoms with E-state index in [-0.39, 0.29) is 5.91 Å². The number of carbonyl (C=O) groups is 1. The lowest BCUT2D eigenvalue weighted by molar-refractivity contribution is 0.0743. The number of hydrogen-bond acceptors (Lipinski definition) is 5. The van der Waals surface area contributed by atoms with Gasteiger partial charge < -0.3 is 4.90 Å². The number of carbonyl (C=O) groups excluding carboxylic acids is 1. The Morgan fingerprint density at radius 1 is 1.16 bits per heavy atom. The van der Waals surface area contributed by atoms with Crippen LogP contribution in [0.4, 0.5) is 0 Å². The maximum atomic E-state index is 13.2. The Labute approximate surface area is 202 Å². The number of amides is 1. The Balaban J connectivity index is 1.77. The predicted molar refractivity (Wildman–Crippen MR) is 132 cm³/mol. The number of halogens is 2. The van der Waals surface area contributed by atoms with Gasteiger partial charge in [0.25, 0.3) is 5.91 Å². The van der Waals surface area contributed by atoms with Crippen LogP contribution in [0.5, 0.6) is 0 Å². The second-order valence-electron chi connectivity index (χ2n) is 8.32. The van der Waals surface area contributed by atoms with E-state index < -0.39 is 0 Å². The van der Waals surface area contributed by atoms with E-state index in [1.165, 1.54) is 11.3 Å². The van der Waals surface area contributed by atoms with Crippen LogP contribution in [0, 0.1) is 6.92 Å². The minimum atomic E-state index is -0.195. The molecular weight excluding hydrogens is 465 g/mol. The number of benzene rings is 1. The van der Waals surface area contributed by atoms with Crippen LogP contribution in [0.2, 0.25) is 10.0 Å². The van der Waals surface area contributed by atoms with Crippen molar-refractivity contribution >= 4 is 40.4 Å². The molecule has 0 bridgehead atoms. The molecule has 170 valence electrons. The van der Waals surface area contributed by atoms with Gasteiger partial charge in [-0.25, -0.2) is 9.69 Å². The number of piperidine rings is 1. The number of rotatable bonds is 6. The van der Waals surface area contributed by atoms with Gasteiger partial charge in [-0.15, -0.1) is 11.3 Å². The molecule has 1 fully saturated rings. The van der Waals surface area contributed by atoms with Gasteiger partial charge in [-0.2, -0.15) is 5.10 Å². The quantitative estimate of drug-likeness (QED) is 0.500. The van der Waals surface area contributed by atoms with E-state index in [1.807, 2.05) is 32.1 Å². The summed E-state index contributed by atoms with van der Waals surface area (Å²) < 4.78 is 1.77. The number of nitrogens with one attached hydrogen (secondary N) is 1. The van der Waals surface area contributed by atoms with Gasteiger partial charge in [0.05, 0.1) is 21.3 Å². The van der Waals surface area contributed by atoms with Crippen molar-refractivity contribution in [2.24, 2.45) is 0 Å². The highest BCUT2D eigenvalue weighted by atomic mass is 35.5. The van der Waals surface area contributed by atoms with Gasteiger partial charge in [-0.05, 0) is 64.2 Å². The summed E-state index contributed by atoms with van der Waals surface area (Å²) in [6.45, 7) is 4.52. The van der Waals surface area contributed by atoms with Gasteiger partial charge in [0.2, 0.25) is 0 Å².